The third kappa shape index (κ3) is 6.03. The zero-order valence-electron chi connectivity index (χ0n) is 19.1. The van der Waals surface area contributed by atoms with Crippen molar-refractivity contribution < 1.29 is 26.4 Å². The highest BCUT2D eigenvalue weighted by atomic mass is 32.2. The minimum absolute atomic E-state index is 0.0825. The summed E-state index contributed by atoms with van der Waals surface area (Å²) in [4.78, 5) is 19.4. The van der Waals surface area contributed by atoms with Crippen LogP contribution in [0, 0.1) is 0 Å². The van der Waals surface area contributed by atoms with E-state index in [0.717, 1.165) is 5.56 Å². The first kappa shape index (κ1) is 25.2. The van der Waals surface area contributed by atoms with E-state index < -0.39 is 27.6 Å². The van der Waals surface area contributed by atoms with Gasteiger partial charge in [0, 0.05) is 24.1 Å². The Morgan fingerprint density at radius 2 is 1.92 bits per heavy atom. The molecule has 9 nitrogen and oxygen atoms in total. The summed E-state index contributed by atoms with van der Waals surface area (Å²) >= 11 is 0. The van der Waals surface area contributed by atoms with Crippen LogP contribution in [0.25, 0.3) is 0 Å². The van der Waals surface area contributed by atoms with Gasteiger partial charge in [0.2, 0.25) is 21.9 Å². The third-order valence-electron chi connectivity index (χ3n) is 5.28. The number of nitrogens with zero attached hydrogens (tertiary/aromatic N) is 2. The van der Waals surface area contributed by atoms with Crippen LogP contribution in [0.2, 0.25) is 0 Å². The van der Waals surface area contributed by atoms with Gasteiger partial charge in [0.25, 0.3) is 0 Å². The molecule has 0 aliphatic carbocycles. The number of anilines is 5. The van der Waals surface area contributed by atoms with E-state index in [0.29, 0.717) is 29.6 Å². The molecule has 0 radical (unpaired) electrons. The van der Waals surface area contributed by atoms with Crippen molar-refractivity contribution in [1.29, 1.82) is 0 Å². The molecule has 0 saturated carbocycles. The Morgan fingerprint density at radius 1 is 1.14 bits per heavy atom. The summed E-state index contributed by atoms with van der Waals surface area (Å²) in [5.74, 6) is -0.776. The zero-order valence-corrected chi connectivity index (χ0v) is 19.9. The Kier molecular flexibility index (Phi) is 7.02. The number of fused-ring (bicyclic) bond motifs is 1. The van der Waals surface area contributed by atoms with Gasteiger partial charge in [-0.25, -0.2) is 13.4 Å². The van der Waals surface area contributed by atoms with Crippen LogP contribution in [0.5, 0.6) is 0 Å². The first-order chi connectivity index (χ1) is 17.0. The molecule has 2 heterocycles. The van der Waals surface area contributed by atoms with Crippen molar-refractivity contribution in [2.75, 3.05) is 26.4 Å². The maximum absolute atomic E-state index is 13.6. The second kappa shape index (κ2) is 10.0. The molecule has 0 saturated heterocycles. The van der Waals surface area contributed by atoms with Gasteiger partial charge >= 0.3 is 6.18 Å². The molecule has 4 rings (SSSR count). The molecule has 190 valence electrons. The van der Waals surface area contributed by atoms with Crippen LogP contribution in [-0.4, -0.2) is 30.0 Å². The van der Waals surface area contributed by atoms with Gasteiger partial charge in [-0.1, -0.05) is 25.1 Å². The average molecular weight is 521 g/mol. The van der Waals surface area contributed by atoms with E-state index >= 15 is 0 Å². The van der Waals surface area contributed by atoms with Crippen molar-refractivity contribution in [2.45, 2.75) is 32.5 Å². The summed E-state index contributed by atoms with van der Waals surface area (Å²) in [6, 6.07) is 11.4. The van der Waals surface area contributed by atoms with Gasteiger partial charge in [-0.05, 0) is 41.8 Å². The van der Waals surface area contributed by atoms with E-state index in [4.69, 9.17) is 0 Å². The van der Waals surface area contributed by atoms with Gasteiger partial charge in [-0.2, -0.15) is 18.2 Å². The predicted molar refractivity (Wildman–Crippen MR) is 131 cm³/mol. The molecule has 0 spiro atoms. The fraction of sp³-hybridized carbons (Fsp3) is 0.261. The Balaban J connectivity index is 1.57. The third-order valence-corrected chi connectivity index (χ3v) is 6.76. The molecule has 0 bridgehead atoms. The van der Waals surface area contributed by atoms with Crippen molar-refractivity contribution in [1.82, 2.24) is 9.97 Å². The number of alkyl halides is 3. The summed E-state index contributed by atoms with van der Waals surface area (Å²) in [7, 11) is -3.59. The number of para-hydroxylation sites is 1. The van der Waals surface area contributed by atoms with Crippen molar-refractivity contribution >= 4 is 44.8 Å². The molecule has 3 aromatic rings. The average Bonchev–Trinajstić information content (AvgIpc) is 3.17. The lowest BCUT2D eigenvalue weighted by Gasteiger charge is -2.17. The van der Waals surface area contributed by atoms with Crippen molar-refractivity contribution in [3.63, 3.8) is 0 Å². The van der Waals surface area contributed by atoms with Gasteiger partial charge in [-0.15, -0.1) is 0 Å². The van der Waals surface area contributed by atoms with E-state index in [1.165, 1.54) is 6.07 Å². The van der Waals surface area contributed by atoms with E-state index in [1.54, 1.807) is 43.3 Å². The molecule has 36 heavy (non-hydrogen) atoms. The smallest absolute Gasteiger partial charge is 0.365 e. The van der Waals surface area contributed by atoms with E-state index in [-0.39, 0.29) is 36.3 Å². The molecular formula is C23H23F3N6O3S. The lowest BCUT2D eigenvalue weighted by Crippen LogP contribution is -2.18. The van der Waals surface area contributed by atoms with E-state index in [1.807, 2.05) is 0 Å². The molecule has 0 unspecified atom stereocenters. The van der Waals surface area contributed by atoms with Gasteiger partial charge in [0.1, 0.15) is 11.4 Å². The molecule has 1 amide bonds. The molecule has 2 aromatic carbocycles. The van der Waals surface area contributed by atoms with Crippen LogP contribution in [0.1, 0.15) is 30.0 Å². The topological polar surface area (TPSA) is 125 Å². The normalized spacial score (nSPS) is 13.2. The highest BCUT2D eigenvalue weighted by molar-refractivity contribution is 7.92. The number of carbonyl (C=O) groups is 1. The Bertz CT molecular complexity index is 1400. The largest absolute Gasteiger partial charge is 0.421 e. The summed E-state index contributed by atoms with van der Waals surface area (Å²) in [5.41, 5.74) is 1.56. The number of amides is 1. The highest BCUT2D eigenvalue weighted by Crippen LogP contribution is 2.35. The number of nitrogens with one attached hydrogen (secondary N) is 4. The van der Waals surface area contributed by atoms with Gasteiger partial charge < -0.3 is 16.0 Å². The molecule has 0 atom stereocenters. The molecule has 1 aliphatic rings. The maximum Gasteiger partial charge on any atom is 0.421 e. The first-order valence-corrected chi connectivity index (χ1v) is 12.7. The number of rotatable bonds is 9. The fourth-order valence-corrected chi connectivity index (χ4v) is 4.83. The Hall–Kier alpha value is -3.87. The van der Waals surface area contributed by atoms with Crippen LogP contribution in [0.15, 0.2) is 48.7 Å². The molecular weight excluding hydrogens is 497 g/mol. The number of carbonyl (C=O) groups excluding carboxylic acids is 1. The van der Waals surface area contributed by atoms with E-state index in [2.05, 4.69) is 30.6 Å². The number of benzene rings is 2. The second-order valence-electron chi connectivity index (χ2n) is 8.11. The number of sulfonamides is 1. The Labute approximate surface area is 205 Å². The molecule has 13 heteroatoms. The van der Waals surface area contributed by atoms with Crippen molar-refractivity contribution in [3.8, 4) is 0 Å². The van der Waals surface area contributed by atoms with Gasteiger partial charge in [0.15, 0.2) is 0 Å². The molecule has 1 aromatic heterocycles. The van der Waals surface area contributed by atoms with Crippen LogP contribution in [0.4, 0.5) is 42.0 Å². The Morgan fingerprint density at radius 3 is 2.67 bits per heavy atom. The highest BCUT2D eigenvalue weighted by Gasteiger charge is 2.35. The zero-order chi connectivity index (χ0) is 25.9. The summed E-state index contributed by atoms with van der Waals surface area (Å²) in [6.45, 7) is 1.60. The van der Waals surface area contributed by atoms with Gasteiger partial charge in [0.05, 0.1) is 17.9 Å². The first-order valence-electron chi connectivity index (χ1n) is 11.0. The molecule has 0 fully saturated rings. The van der Waals surface area contributed by atoms with Gasteiger partial charge in [-0.3, -0.25) is 9.52 Å². The fourth-order valence-electron chi connectivity index (χ4n) is 3.66. The SMILES string of the molecule is CCCS(=O)(=O)Nc1ccccc1CNc1nc(Nc2ccc3c(c2)CC(=O)N3)ncc1C(F)(F)F. The quantitative estimate of drug-likeness (QED) is 0.327. The minimum Gasteiger partial charge on any atom is -0.365 e. The summed E-state index contributed by atoms with van der Waals surface area (Å²) in [6.07, 6.45) is -3.43. The lowest BCUT2D eigenvalue weighted by molar-refractivity contribution is -0.137. The van der Waals surface area contributed by atoms with Crippen molar-refractivity contribution in [3.05, 3.63) is 65.4 Å². The summed E-state index contributed by atoms with van der Waals surface area (Å²) in [5, 5.41) is 8.23. The molecule has 4 N–H and O–H groups in total. The van der Waals surface area contributed by atoms with Crippen LogP contribution >= 0.6 is 0 Å². The number of halogens is 3. The standard InChI is InChI=1S/C23H23F3N6O3S/c1-2-9-36(34,35)32-19-6-4-3-5-14(19)12-27-21-17(23(24,25)26)13-28-22(31-21)29-16-7-8-18-15(10-16)11-20(33)30-18/h3-8,10,13,32H,2,9,11-12H2,1H3,(H,30,33)(H2,27,28,29,31). The minimum atomic E-state index is -4.72. The number of hydrogen-bond acceptors (Lipinski definition) is 7. The molecule has 1 aliphatic heterocycles. The van der Waals surface area contributed by atoms with Crippen molar-refractivity contribution in [2.24, 2.45) is 0 Å². The second-order valence-corrected chi connectivity index (χ2v) is 9.95. The van der Waals surface area contributed by atoms with Crippen LogP contribution in [0.3, 0.4) is 0 Å². The van der Waals surface area contributed by atoms with Crippen LogP contribution < -0.4 is 20.7 Å². The maximum atomic E-state index is 13.6. The van der Waals surface area contributed by atoms with Crippen LogP contribution in [-0.2, 0) is 34.0 Å². The number of hydrogen-bond donors (Lipinski definition) is 4. The summed E-state index contributed by atoms with van der Waals surface area (Å²) < 4.78 is 67.8. The monoisotopic (exact) mass is 520 g/mol. The lowest BCUT2D eigenvalue weighted by atomic mass is 10.1. The number of aromatic nitrogens is 2. The predicted octanol–water partition coefficient (Wildman–Crippen LogP) is 4.50. The van der Waals surface area contributed by atoms with E-state index in [9.17, 15) is 26.4 Å².